The standard InChI is InChI=1S/C11H11BrO5/c1-11(10(16)17)3-2-6(8(13)5-12)7(4-11)9(14)15/h2-3H,4-5H2,1H3,(H,14,15)(H,16,17). The fourth-order valence-electron chi connectivity index (χ4n) is 1.56. The molecule has 0 aromatic heterocycles. The number of halogens is 1. The van der Waals surface area contributed by atoms with E-state index in [-0.39, 0.29) is 28.7 Å². The Hall–Kier alpha value is -1.43. The highest BCUT2D eigenvalue weighted by molar-refractivity contribution is 9.09. The fraction of sp³-hybridized carbons (Fsp3) is 0.364. The quantitative estimate of drug-likeness (QED) is 0.766. The van der Waals surface area contributed by atoms with Crippen LogP contribution >= 0.6 is 15.9 Å². The first kappa shape index (κ1) is 13.6. The van der Waals surface area contributed by atoms with Gasteiger partial charge in [0.05, 0.1) is 10.7 Å². The number of aliphatic carboxylic acids is 2. The highest BCUT2D eigenvalue weighted by Crippen LogP contribution is 2.34. The first-order valence-corrected chi connectivity index (χ1v) is 5.92. The number of allylic oxidation sites excluding steroid dienone is 2. The Labute approximate surface area is 106 Å². The van der Waals surface area contributed by atoms with E-state index in [0.717, 1.165) is 0 Å². The molecule has 0 radical (unpaired) electrons. The van der Waals surface area contributed by atoms with Crippen molar-refractivity contribution in [3.8, 4) is 0 Å². The van der Waals surface area contributed by atoms with Crippen molar-refractivity contribution in [2.45, 2.75) is 13.3 Å². The highest BCUT2D eigenvalue weighted by atomic mass is 79.9. The SMILES string of the molecule is CC1(C(=O)O)C=CC(C(=O)CBr)=C(C(=O)O)C1. The second kappa shape index (κ2) is 4.83. The Kier molecular flexibility index (Phi) is 3.87. The van der Waals surface area contributed by atoms with Crippen LogP contribution < -0.4 is 0 Å². The minimum absolute atomic E-state index is 0.00718. The molecule has 0 amide bonds. The van der Waals surface area contributed by atoms with Crippen LogP contribution in [0.25, 0.3) is 0 Å². The number of rotatable bonds is 4. The Morgan fingerprint density at radius 2 is 2.00 bits per heavy atom. The minimum Gasteiger partial charge on any atom is -0.481 e. The summed E-state index contributed by atoms with van der Waals surface area (Å²) in [6.07, 6.45) is 2.45. The predicted molar refractivity (Wildman–Crippen MR) is 63.0 cm³/mol. The third-order valence-corrected chi connectivity index (χ3v) is 3.16. The lowest BCUT2D eigenvalue weighted by Crippen LogP contribution is -2.31. The maximum atomic E-state index is 11.5. The van der Waals surface area contributed by atoms with Gasteiger partial charge < -0.3 is 10.2 Å². The van der Waals surface area contributed by atoms with Crippen molar-refractivity contribution in [3.63, 3.8) is 0 Å². The fourth-order valence-corrected chi connectivity index (χ4v) is 1.86. The lowest BCUT2D eigenvalue weighted by molar-refractivity contribution is -0.145. The summed E-state index contributed by atoms with van der Waals surface area (Å²) in [4.78, 5) is 33.6. The summed E-state index contributed by atoms with van der Waals surface area (Å²) in [6.45, 7) is 1.42. The van der Waals surface area contributed by atoms with E-state index in [1.54, 1.807) is 0 Å². The summed E-state index contributed by atoms with van der Waals surface area (Å²) in [5, 5.41) is 18.0. The number of carbonyl (C=O) groups excluding carboxylic acids is 1. The summed E-state index contributed by atoms with van der Waals surface area (Å²) in [5.41, 5.74) is -1.36. The Morgan fingerprint density at radius 3 is 2.41 bits per heavy atom. The molecule has 0 fully saturated rings. The predicted octanol–water partition coefficient (Wildman–Crippen LogP) is 1.38. The smallest absolute Gasteiger partial charge is 0.332 e. The average molecular weight is 303 g/mol. The van der Waals surface area contributed by atoms with E-state index in [2.05, 4.69) is 15.9 Å². The topological polar surface area (TPSA) is 91.7 Å². The Morgan fingerprint density at radius 1 is 1.41 bits per heavy atom. The van der Waals surface area contributed by atoms with Crippen LogP contribution in [-0.4, -0.2) is 33.3 Å². The second-order valence-corrected chi connectivity index (χ2v) is 4.55. The van der Waals surface area contributed by atoms with E-state index in [1.807, 2.05) is 0 Å². The molecule has 1 atom stereocenters. The molecule has 0 saturated carbocycles. The lowest BCUT2D eigenvalue weighted by atomic mass is 9.77. The van der Waals surface area contributed by atoms with E-state index < -0.39 is 17.4 Å². The number of hydrogen-bond donors (Lipinski definition) is 2. The van der Waals surface area contributed by atoms with Crippen LogP contribution in [-0.2, 0) is 14.4 Å². The number of carboxylic acid groups (broad SMARTS) is 2. The number of carbonyl (C=O) groups is 3. The highest BCUT2D eigenvalue weighted by Gasteiger charge is 2.37. The molecule has 92 valence electrons. The molecule has 0 spiro atoms. The van der Waals surface area contributed by atoms with E-state index in [1.165, 1.54) is 19.1 Å². The van der Waals surface area contributed by atoms with Gasteiger partial charge in [0.1, 0.15) is 0 Å². The van der Waals surface area contributed by atoms with Gasteiger partial charge in [0.2, 0.25) is 0 Å². The number of ketones is 1. The first-order valence-electron chi connectivity index (χ1n) is 4.80. The largest absolute Gasteiger partial charge is 0.481 e. The summed E-state index contributed by atoms with van der Waals surface area (Å²) in [6, 6.07) is 0. The van der Waals surface area contributed by atoms with Crippen LogP contribution in [0.4, 0.5) is 0 Å². The van der Waals surface area contributed by atoms with Gasteiger partial charge in [-0.25, -0.2) is 4.79 Å². The summed E-state index contributed by atoms with van der Waals surface area (Å²) in [5.74, 6) is -2.74. The molecule has 17 heavy (non-hydrogen) atoms. The van der Waals surface area contributed by atoms with Gasteiger partial charge in [-0.05, 0) is 13.3 Å². The first-order chi connectivity index (χ1) is 7.81. The molecule has 1 unspecified atom stereocenters. The molecule has 0 bridgehead atoms. The summed E-state index contributed by atoms with van der Waals surface area (Å²) < 4.78 is 0. The maximum absolute atomic E-state index is 11.5. The average Bonchev–Trinajstić information content (AvgIpc) is 2.27. The molecule has 0 aromatic carbocycles. The molecule has 1 aliphatic rings. The summed E-state index contributed by atoms with van der Waals surface area (Å²) >= 11 is 2.96. The van der Waals surface area contributed by atoms with Gasteiger partial charge in [0.25, 0.3) is 0 Å². The van der Waals surface area contributed by atoms with Crippen LogP contribution in [0.5, 0.6) is 0 Å². The molecule has 0 aliphatic heterocycles. The molecule has 5 nitrogen and oxygen atoms in total. The maximum Gasteiger partial charge on any atom is 0.332 e. The van der Waals surface area contributed by atoms with Crippen molar-refractivity contribution in [3.05, 3.63) is 23.3 Å². The van der Waals surface area contributed by atoms with Gasteiger partial charge in [-0.1, -0.05) is 28.1 Å². The zero-order valence-corrected chi connectivity index (χ0v) is 10.7. The number of Topliss-reactive ketones (excluding diaryl/α,β-unsaturated/α-hetero) is 1. The molecule has 1 rings (SSSR count). The normalized spacial score (nSPS) is 23.6. The molecule has 1 aliphatic carbocycles. The monoisotopic (exact) mass is 302 g/mol. The second-order valence-electron chi connectivity index (χ2n) is 3.99. The van der Waals surface area contributed by atoms with Crippen molar-refractivity contribution >= 4 is 33.7 Å². The van der Waals surface area contributed by atoms with E-state index in [9.17, 15) is 14.4 Å². The van der Waals surface area contributed by atoms with Crippen molar-refractivity contribution < 1.29 is 24.6 Å². The summed E-state index contributed by atoms with van der Waals surface area (Å²) in [7, 11) is 0. The van der Waals surface area contributed by atoms with Crippen LogP contribution in [0.3, 0.4) is 0 Å². The third-order valence-electron chi connectivity index (χ3n) is 2.66. The number of alkyl halides is 1. The van der Waals surface area contributed by atoms with Crippen LogP contribution in [0.2, 0.25) is 0 Å². The molecule has 0 saturated heterocycles. The number of carboxylic acids is 2. The minimum atomic E-state index is -1.27. The van der Waals surface area contributed by atoms with Gasteiger partial charge in [0, 0.05) is 11.1 Å². The lowest BCUT2D eigenvalue weighted by Gasteiger charge is -2.25. The third kappa shape index (κ3) is 2.63. The zero-order valence-electron chi connectivity index (χ0n) is 9.07. The zero-order chi connectivity index (χ0) is 13.2. The van der Waals surface area contributed by atoms with Crippen molar-refractivity contribution in [1.29, 1.82) is 0 Å². The van der Waals surface area contributed by atoms with Gasteiger partial charge in [0.15, 0.2) is 5.78 Å². The van der Waals surface area contributed by atoms with Crippen molar-refractivity contribution in [2.24, 2.45) is 5.41 Å². The van der Waals surface area contributed by atoms with Crippen molar-refractivity contribution in [1.82, 2.24) is 0 Å². The molecular formula is C11H11BrO5. The van der Waals surface area contributed by atoms with E-state index in [0.29, 0.717) is 0 Å². The van der Waals surface area contributed by atoms with Crippen LogP contribution in [0.15, 0.2) is 23.3 Å². The van der Waals surface area contributed by atoms with Gasteiger partial charge >= 0.3 is 11.9 Å². The Bertz CT molecular complexity index is 449. The van der Waals surface area contributed by atoms with Gasteiger partial charge in [-0.2, -0.15) is 0 Å². The Balaban J connectivity index is 3.22. The van der Waals surface area contributed by atoms with Crippen LogP contribution in [0.1, 0.15) is 13.3 Å². The van der Waals surface area contributed by atoms with Crippen LogP contribution in [0, 0.1) is 5.41 Å². The number of hydrogen-bond acceptors (Lipinski definition) is 3. The van der Waals surface area contributed by atoms with Gasteiger partial charge in [-0.15, -0.1) is 0 Å². The van der Waals surface area contributed by atoms with E-state index >= 15 is 0 Å². The van der Waals surface area contributed by atoms with Gasteiger partial charge in [-0.3, -0.25) is 9.59 Å². The molecule has 0 heterocycles. The molecular weight excluding hydrogens is 292 g/mol. The molecule has 6 heteroatoms. The molecule has 0 aromatic rings. The molecule has 2 N–H and O–H groups in total. The van der Waals surface area contributed by atoms with Crippen molar-refractivity contribution in [2.75, 3.05) is 5.33 Å². The van der Waals surface area contributed by atoms with E-state index in [4.69, 9.17) is 10.2 Å².